The van der Waals surface area contributed by atoms with Crippen LogP contribution in [0.4, 0.5) is 0 Å². The van der Waals surface area contributed by atoms with Crippen LogP contribution in [0.2, 0.25) is 0 Å². The normalized spacial score (nSPS) is 25.0. The molecule has 1 saturated heterocycles. The standard InChI is InChI=1S/C19H21N3/c1-13(17-5-3-9-21-17)18-11-15-7-6-14(10-19(15)22-18)16-4-2-8-20-12-16/h2,4,6-8,11-13,17,21H,3,5,9-10H2,1H3. The molecule has 22 heavy (non-hydrogen) atoms. The minimum atomic E-state index is 0.489. The Labute approximate surface area is 131 Å². The van der Waals surface area contributed by atoms with Gasteiger partial charge in [-0.2, -0.15) is 0 Å². The van der Waals surface area contributed by atoms with Crippen LogP contribution >= 0.6 is 0 Å². The highest BCUT2D eigenvalue weighted by atomic mass is 15.0. The van der Waals surface area contributed by atoms with Crippen LogP contribution < -0.4 is 5.32 Å². The van der Waals surface area contributed by atoms with Gasteiger partial charge in [0.05, 0.1) is 5.71 Å². The van der Waals surface area contributed by atoms with Crippen molar-refractivity contribution in [2.75, 3.05) is 6.54 Å². The van der Waals surface area contributed by atoms with Gasteiger partial charge in [0.25, 0.3) is 0 Å². The Morgan fingerprint density at radius 1 is 1.32 bits per heavy atom. The average molecular weight is 291 g/mol. The van der Waals surface area contributed by atoms with E-state index in [0.717, 1.165) is 13.0 Å². The number of nitrogens with zero attached hydrogens (tertiary/aromatic N) is 2. The molecule has 1 fully saturated rings. The molecule has 1 N–H and O–H groups in total. The SMILES string of the molecule is CC(C1=CC2=CC=C(c3cccnc3)CC2=N1)C1CCCN1. The van der Waals surface area contributed by atoms with Crippen molar-refractivity contribution in [2.24, 2.45) is 10.9 Å². The first-order chi connectivity index (χ1) is 10.8. The van der Waals surface area contributed by atoms with Gasteiger partial charge in [-0.3, -0.25) is 9.98 Å². The zero-order chi connectivity index (χ0) is 14.9. The predicted molar refractivity (Wildman–Crippen MR) is 90.6 cm³/mol. The number of pyridine rings is 1. The molecule has 3 nitrogen and oxygen atoms in total. The molecule has 2 unspecified atom stereocenters. The molecule has 3 aliphatic rings. The fraction of sp³-hybridized carbons (Fsp3) is 0.368. The molecule has 112 valence electrons. The van der Waals surface area contributed by atoms with E-state index in [4.69, 9.17) is 4.99 Å². The minimum absolute atomic E-state index is 0.489. The van der Waals surface area contributed by atoms with E-state index in [1.807, 2.05) is 18.5 Å². The van der Waals surface area contributed by atoms with Crippen molar-refractivity contribution in [1.82, 2.24) is 10.3 Å². The van der Waals surface area contributed by atoms with Crippen molar-refractivity contribution in [2.45, 2.75) is 32.2 Å². The first-order valence-corrected chi connectivity index (χ1v) is 8.15. The summed E-state index contributed by atoms with van der Waals surface area (Å²) in [5, 5.41) is 3.60. The van der Waals surface area contributed by atoms with E-state index in [2.05, 4.69) is 41.5 Å². The van der Waals surface area contributed by atoms with E-state index in [0.29, 0.717) is 12.0 Å². The second-order valence-electron chi connectivity index (χ2n) is 6.35. The van der Waals surface area contributed by atoms with Gasteiger partial charge in [-0.15, -0.1) is 0 Å². The predicted octanol–water partition coefficient (Wildman–Crippen LogP) is 3.52. The Balaban J connectivity index is 1.54. The molecule has 0 spiro atoms. The van der Waals surface area contributed by atoms with Crippen LogP contribution in [0.5, 0.6) is 0 Å². The van der Waals surface area contributed by atoms with Crippen LogP contribution in [0.15, 0.2) is 59.0 Å². The molecule has 1 aromatic rings. The second kappa shape index (κ2) is 5.65. The van der Waals surface area contributed by atoms with Crippen molar-refractivity contribution in [3.8, 4) is 0 Å². The third-order valence-corrected chi connectivity index (χ3v) is 4.92. The molecule has 3 heteroatoms. The van der Waals surface area contributed by atoms with E-state index in [9.17, 15) is 0 Å². The first-order valence-electron chi connectivity index (χ1n) is 8.15. The Morgan fingerprint density at radius 2 is 2.27 bits per heavy atom. The molecule has 0 saturated carbocycles. The Bertz CT molecular complexity index is 689. The highest BCUT2D eigenvalue weighted by Gasteiger charge is 2.28. The van der Waals surface area contributed by atoms with Crippen LogP contribution in [-0.4, -0.2) is 23.3 Å². The van der Waals surface area contributed by atoms with Crippen LogP contribution in [0.1, 0.15) is 31.7 Å². The minimum Gasteiger partial charge on any atom is -0.313 e. The summed E-state index contributed by atoms with van der Waals surface area (Å²) in [6.45, 7) is 3.44. The smallest absolute Gasteiger partial charge is 0.0523 e. The third-order valence-electron chi connectivity index (χ3n) is 4.92. The van der Waals surface area contributed by atoms with Gasteiger partial charge in [-0.05, 0) is 48.2 Å². The van der Waals surface area contributed by atoms with Gasteiger partial charge >= 0.3 is 0 Å². The fourth-order valence-electron chi connectivity index (χ4n) is 3.54. The van der Waals surface area contributed by atoms with Crippen LogP contribution in [0.25, 0.3) is 5.57 Å². The summed E-state index contributed by atoms with van der Waals surface area (Å²) in [5.41, 5.74) is 6.23. The molecular formula is C19H21N3. The van der Waals surface area contributed by atoms with Gasteiger partial charge in [0.2, 0.25) is 0 Å². The maximum atomic E-state index is 4.94. The lowest BCUT2D eigenvalue weighted by molar-refractivity contribution is 0.470. The number of hydrogen-bond donors (Lipinski definition) is 1. The summed E-state index contributed by atoms with van der Waals surface area (Å²) in [6.07, 6.45) is 13.9. The molecule has 4 rings (SSSR count). The molecule has 1 aliphatic carbocycles. The number of fused-ring (bicyclic) bond motifs is 1. The van der Waals surface area contributed by atoms with Crippen LogP contribution in [0, 0.1) is 5.92 Å². The van der Waals surface area contributed by atoms with E-state index in [1.165, 1.54) is 41.0 Å². The number of allylic oxidation sites excluding steroid dienone is 5. The van der Waals surface area contributed by atoms with Gasteiger partial charge in [0.1, 0.15) is 0 Å². The molecule has 0 bridgehead atoms. The number of aromatic nitrogens is 1. The Hall–Kier alpha value is -2.00. The van der Waals surface area contributed by atoms with Crippen LogP contribution in [-0.2, 0) is 0 Å². The second-order valence-corrected chi connectivity index (χ2v) is 6.35. The van der Waals surface area contributed by atoms with Crippen molar-refractivity contribution in [3.05, 3.63) is 59.6 Å². The number of aliphatic imine (C=N–C) groups is 1. The largest absolute Gasteiger partial charge is 0.313 e. The number of rotatable bonds is 3. The fourth-order valence-corrected chi connectivity index (χ4v) is 3.54. The summed E-state index contributed by atoms with van der Waals surface area (Å²) in [4.78, 5) is 9.16. The van der Waals surface area contributed by atoms with Gasteiger partial charge in [0, 0.05) is 36.5 Å². The molecule has 3 heterocycles. The topological polar surface area (TPSA) is 37.3 Å². The lowest BCUT2D eigenvalue weighted by atomic mass is 9.92. The van der Waals surface area contributed by atoms with Crippen LogP contribution in [0.3, 0.4) is 0 Å². The van der Waals surface area contributed by atoms with Crippen molar-refractivity contribution < 1.29 is 0 Å². The van der Waals surface area contributed by atoms with Gasteiger partial charge in [-0.25, -0.2) is 0 Å². The quantitative estimate of drug-likeness (QED) is 0.925. The van der Waals surface area contributed by atoms with Crippen molar-refractivity contribution >= 4 is 11.3 Å². The zero-order valence-corrected chi connectivity index (χ0v) is 12.9. The van der Waals surface area contributed by atoms with Gasteiger partial charge in [0.15, 0.2) is 0 Å². The third kappa shape index (κ3) is 2.46. The monoisotopic (exact) mass is 291 g/mol. The molecule has 0 aromatic carbocycles. The molecule has 2 atom stereocenters. The molecule has 0 amide bonds. The van der Waals surface area contributed by atoms with E-state index >= 15 is 0 Å². The Kier molecular flexibility index (Phi) is 3.51. The van der Waals surface area contributed by atoms with E-state index in [-0.39, 0.29) is 0 Å². The average Bonchev–Trinajstić information content (AvgIpc) is 3.23. The molecular weight excluding hydrogens is 270 g/mol. The summed E-state index contributed by atoms with van der Waals surface area (Å²) in [6, 6.07) is 4.69. The number of nitrogens with one attached hydrogen (secondary N) is 1. The summed E-state index contributed by atoms with van der Waals surface area (Å²) < 4.78 is 0. The van der Waals surface area contributed by atoms with E-state index < -0.39 is 0 Å². The molecule has 2 aliphatic heterocycles. The van der Waals surface area contributed by atoms with Gasteiger partial charge in [-0.1, -0.05) is 25.1 Å². The Morgan fingerprint density at radius 3 is 3.05 bits per heavy atom. The van der Waals surface area contributed by atoms with E-state index in [1.54, 1.807) is 0 Å². The van der Waals surface area contributed by atoms with Crippen molar-refractivity contribution in [1.29, 1.82) is 0 Å². The molecule has 0 radical (unpaired) electrons. The lowest BCUT2D eigenvalue weighted by Crippen LogP contribution is -2.29. The summed E-state index contributed by atoms with van der Waals surface area (Å²) >= 11 is 0. The molecule has 1 aromatic heterocycles. The maximum absolute atomic E-state index is 4.94. The highest BCUT2D eigenvalue weighted by molar-refractivity contribution is 6.12. The maximum Gasteiger partial charge on any atom is 0.0523 e. The highest BCUT2D eigenvalue weighted by Crippen LogP contribution is 2.33. The summed E-state index contributed by atoms with van der Waals surface area (Å²) in [5.74, 6) is 0.489. The van der Waals surface area contributed by atoms with Gasteiger partial charge < -0.3 is 5.32 Å². The first kappa shape index (κ1) is 13.6. The number of hydrogen-bond acceptors (Lipinski definition) is 3. The summed E-state index contributed by atoms with van der Waals surface area (Å²) in [7, 11) is 0. The van der Waals surface area contributed by atoms with Crippen molar-refractivity contribution in [3.63, 3.8) is 0 Å². The lowest BCUT2D eigenvalue weighted by Gasteiger charge is -2.18. The zero-order valence-electron chi connectivity index (χ0n) is 12.9.